The van der Waals surface area contributed by atoms with Crippen molar-refractivity contribution in [1.82, 2.24) is 4.90 Å². The number of ether oxygens (including phenoxy) is 2. The van der Waals surface area contributed by atoms with Crippen molar-refractivity contribution in [3.8, 4) is 5.75 Å². The fourth-order valence-corrected chi connectivity index (χ4v) is 3.46. The second kappa shape index (κ2) is 7.27. The minimum absolute atomic E-state index is 0.0615. The number of nitrogens with zero attached hydrogens (tertiary/aromatic N) is 1. The summed E-state index contributed by atoms with van der Waals surface area (Å²) in [5.74, 6) is -0.476. The molecule has 1 saturated heterocycles. The highest BCUT2D eigenvalue weighted by Gasteiger charge is 2.44. The van der Waals surface area contributed by atoms with Gasteiger partial charge in [-0.05, 0) is 30.5 Å². The Labute approximate surface area is 147 Å². The van der Waals surface area contributed by atoms with Gasteiger partial charge in [-0.2, -0.15) is 0 Å². The van der Waals surface area contributed by atoms with Crippen molar-refractivity contribution >= 4 is 11.7 Å². The Kier molecular flexibility index (Phi) is 5.08. The third-order valence-corrected chi connectivity index (χ3v) is 4.78. The molecule has 25 heavy (non-hydrogen) atoms. The molecule has 2 aliphatic heterocycles. The molecular formula is C19H23NO5. The molecule has 6 nitrogen and oxygen atoms in total. The Morgan fingerprint density at radius 2 is 2.08 bits per heavy atom. The summed E-state index contributed by atoms with van der Waals surface area (Å²) in [7, 11) is 1.58. The molecule has 2 heterocycles. The number of methoxy groups -OCH3 is 1. The van der Waals surface area contributed by atoms with Crippen LogP contribution in [-0.4, -0.2) is 48.1 Å². The van der Waals surface area contributed by atoms with Crippen LogP contribution < -0.4 is 4.74 Å². The number of amides is 1. The van der Waals surface area contributed by atoms with Crippen molar-refractivity contribution in [3.63, 3.8) is 0 Å². The molecule has 1 N–H and O–H groups in total. The molecule has 2 atom stereocenters. The molecule has 0 spiro atoms. The lowest BCUT2D eigenvalue weighted by atomic mass is 9.95. The Balaban J connectivity index is 1.98. The molecule has 6 heteroatoms. The monoisotopic (exact) mass is 345 g/mol. The van der Waals surface area contributed by atoms with Crippen molar-refractivity contribution in [2.24, 2.45) is 0 Å². The fraction of sp³-hybridized carbons (Fsp3) is 0.474. The maximum Gasteiger partial charge on any atom is 0.290 e. The standard InChI is InChI=1S/C19H23NO5/c1-3-15(21)16-17(12-6-8-13(24-2)9-7-12)20(19(23)18(16)22)11-14-5-4-10-25-14/h6-9,14,17,22H,3-5,10-11H2,1-2H3. The number of hydrogen-bond donors (Lipinski definition) is 1. The van der Waals surface area contributed by atoms with Gasteiger partial charge in [0.05, 0.1) is 24.8 Å². The fourth-order valence-electron chi connectivity index (χ4n) is 3.46. The van der Waals surface area contributed by atoms with Crippen LogP contribution in [0.4, 0.5) is 0 Å². The molecule has 0 aromatic heterocycles. The first-order valence-electron chi connectivity index (χ1n) is 8.59. The average molecular weight is 345 g/mol. The number of benzene rings is 1. The highest BCUT2D eigenvalue weighted by molar-refractivity contribution is 6.08. The number of rotatable bonds is 6. The van der Waals surface area contributed by atoms with E-state index >= 15 is 0 Å². The van der Waals surface area contributed by atoms with Crippen molar-refractivity contribution < 1.29 is 24.2 Å². The van der Waals surface area contributed by atoms with Gasteiger partial charge in [0.1, 0.15) is 5.75 Å². The van der Waals surface area contributed by atoms with E-state index in [-0.39, 0.29) is 23.9 Å². The maximum absolute atomic E-state index is 12.6. The van der Waals surface area contributed by atoms with Crippen molar-refractivity contribution in [2.75, 3.05) is 20.3 Å². The Morgan fingerprint density at radius 1 is 1.36 bits per heavy atom. The second-order valence-electron chi connectivity index (χ2n) is 6.31. The van der Waals surface area contributed by atoms with Crippen molar-refractivity contribution in [2.45, 2.75) is 38.3 Å². The Bertz CT molecular complexity index is 688. The molecule has 0 radical (unpaired) electrons. The number of ketones is 1. The molecule has 2 unspecified atom stereocenters. The first-order valence-corrected chi connectivity index (χ1v) is 8.59. The van der Waals surface area contributed by atoms with Crippen LogP contribution in [0.25, 0.3) is 0 Å². The summed E-state index contributed by atoms with van der Waals surface area (Å²) >= 11 is 0. The van der Waals surface area contributed by atoms with E-state index in [1.807, 2.05) is 12.1 Å². The van der Waals surface area contributed by atoms with Gasteiger partial charge >= 0.3 is 0 Å². The normalized spacial score (nSPS) is 23.4. The van der Waals surface area contributed by atoms with Gasteiger partial charge in [-0.1, -0.05) is 19.1 Å². The van der Waals surface area contributed by atoms with E-state index in [4.69, 9.17) is 9.47 Å². The molecule has 3 rings (SSSR count). The minimum Gasteiger partial charge on any atom is -0.503 e. The van der Waals surface area contributed by atoms with Gasteiger partial charge in [-0.25, -0.2) is 0 Å². The predicted octanol–water partition coefficient (Wildman–Crippen LogP) is 2.55. The SMILES string of the molecule is CCC(=O)C1=C(O)C(=O)N(CC2CCCO2)C1c1ccc(OC)cc1. The van der Waals surface area contributed by atoms with Crippen LogP contribution >= 0.6 is 0 Å². The molecule has 1 aromatic rings. The summed E-state index contributed by atoms with van der Waals surface area (Å²) in [5, 5.41) is 10.3. The van der Waals surface area contributed by atoms with Gasteiger partial charge in [0.25, 0.3) is 5.91 Å². The molecule has 0 saturated carbocycles. The zero-order chi connectivity index (χ0) is 18.0. The first kappa shape index (κ1) is 17.5. The summed E-state index contributed by atoms with van der Waals surface area (Å²) in [6, 6.07) is 6.62. The molecule has 134 valence electrons. The van der Waals surface area contributed by atoms with E-state index in [0.29, 0.717) is 18.9 Å². The predicted molar refractivity (Wildman–Crippen MR) is 91.4 cm³/mol. The van der Waals surface area contributed by atoms with E-state index in [0.717, 1.165) is 18.4 Å². The van der Waals surface area contributed by atoms with Gasteiger partial charge in [0, 0.05) is 19.6 Å². The van der Waals surface area contributed by atoms with E-state index < -0.39 is 17.7 Å². The van der Waals surface area contributed by atoms with Crippen LogP contribution in [0.15, 0.2) is 35.6 Å². The van der Waals surface area contributed by atoms with Gasteiger partial charge in [-0.3, -0.25) is 9.59 Å². The van der Waals surface area contributed by atoms with Crippen LogP contribution in [0, 0.1) is 0 Å². The van der Waals surface area contributed by atoms with Crippen LogP contribution in [0.3, 0.4) is 0 Å². The lowest BCUT2D eigenvalue weighted by Crippen LogP contribution is -2.37. The highest BCUT2D eigenvalue weighted by Crippen LogP contribution is 2.39. The summed E-state index contributed by atoms with van der Waals surface area (Å²) in [6.07, 6.45) is 2.00. The van der Waals surface area contributed by atoms with Crippen LogP contribution in [-0.2, 0) is 14.3 Å². The number of carbonyl (C=O) groups excluding carboxylic acids is 2. The molecule has 2 aliphatic rings. The lowest BCUT2D eigenvalue weighted by molar-refractivity contribution is -0.131. The molecule has 1 fully saturated rings. The number of carbonyl (C=O) groups is 2. The molecular weight excluding hydrogens is 322 g/mol. The Hall–Kier alpha value is -2.34. The topological polar surface area (TPSA) is 76.1 Å². The van der Waals surface area contributed by atoms with Gasteiger partial charge in [-0.15, -0.1) is 0 Å². The number of aliphatic hydroxyl groups is 1. The largest absolute Gasteiger partial charge is 0.503 e. The summed E-state index contributed by atoms with van der Waals surface area (Å²) in [4.78, 5) is 26.6. The van der Waals surface area contributed by atoms with Gasteiger partial charge in [0.15, 0.2) is 11.5 Å². The van der Waals surface area contributed by atoms with E-state index in [1.165, 1.54) is 0 Å². The van der Waals surface area contributed by atoms with Crippen LogP contribution in [0.5, 0.6) is 5.75 Å². The average Bonchev–Trinajstić information content (AvgIpc) is 3.23. The van der Waals surface area contributed by atoms with E-state index in [9.17, 15) is 14.7 Å². The quantitative estimate of drug-likeness (QED) is 0.857. The third kappa shape index (κ3) is 3.26. The molecule has 0 bridgehead atoms. The third-order valence-electron chi connectivity index (χ3n) is 4.78. The van der Waals surface area contributed by atoms with Crippen LogP contribution in [0.1, 0.15) is 37.8 Å². The number of Topliss-reactive ketones (excluding diaryl/α,β-unsaturated/α-hetero) is 1. The number of aliphatic hydroxyl groups excluding tert-OH is 1. The lowest BCUT2D eigenvalue weighted by Gasteiger charge is -2.29. The van der Waals surface area contributed by atoms with Crippen LogP contribution in [0.2, 0.25) is 0 Å². The second-order valence-corrected chi connectivity index (χ2v) is 6.31. The maximum atomic E-state index is 12.6. The van der Waals surface area contributed by atoms with Crippen molar-refractivity contribution in [1.29, 1.82) is 0 Å². The smallest absolute Gasteiger partial charge is 0.290 e. The zero-order valence-electron chi connectivity index (χ0n) is 14.5. The van der Waals surface area contributed by atoms with Crippen molar-refractivity contribution in [3.05, 3.63) is 41.2 Å². The number of hydrogen-bond acceptors (Lipinski definition) is 5. The Morgan fingerprint density at radius 3 is 2.64 bits per heavy atom. The van der Waals surface area contributed by atoms with Gasteiger partial charge in [0.2, 0.25) is 0 Å². The molecule has 0 aliphatic carbocycles. The van der Waals surface area contributed by atoms with Gasteiger partial charge < -0.3 is 19.5 Å². The summed E-state index contributed by atoms with van der Waals surface area (Å²) in [5.41, 5.74) is 0.948. The summed E-state index contributed by atoms with van der Waals surface area (Å²) in [6.45, 7) is 2.76. The molecule has 1 aromatic carbocycles. The summed E-state index contributed by atoms with van der Waals surface area (Å²) < 4.78 is 10.8. The first-order chi connectivity index (χ1) is 12.1. The van der Waals surface area contributed by atoms with E-state index in [1.54, 1.807) is 31.1 Å². The minimum atomic E-state index is -0.588. The molecule has 1 amide bonds. The van der Waals surface area contributed by atoms with E-state index in [2.05, 4.69) is 0 Å². The highest BCUT2D eigenvalue weighted by atomic mass is 16.5. The zero-order valence-corrected chi connectivity index (χ0v) is 14.5.